The Hall–Kier alpha value is -3.32. The summed E-state index contributed by atoms with van der Waals surface area (Å²) < 4.78 is 30.6. The fourth-order valence-electron chi connectivity index (χ4n) is 2.96. The number of anilines is 1. The lowest BCUT2D eigenvalue weighted by molar-refractivity contribution is 0.0349. The molecule has 2 aromatic heterocycles. The molecule has 0 fully saturated rings. The lowest BCUT2D eigenvalue weighted by Gasteiger charge is -2.14. The second-order valence-corrected chi connectivity index (χ2v) is 9.70. The number of benzene rings is 2. The molecule has 0 atom stereocenters. The summed E-state index contributed by atoms with van der Waals surface area (Å²) in [6.45, 7) is 0.161. The van der Waals surface area contributed by atoms with Gasteiger partial charge in [0, 0.05) is 22.7 Å². The third-order valence-corrected chi connectivity index (χ3v) is 6.76. The number of tetrazole rings is 1. The molecule has 4 rings (SSSR count). The molecular weight excluding hydrogens is 488 g/mol. The van der Waals surface area contributed by atoms with Crippen molar-refractivity contribution >= 4 is 44.6 Å². The van der Waals surface area contributed by atoms with E-state index >= 15 is 0 Å². The van der Waals surface area contributed by atoms with E-state index in [1.54, 1.807) is 41.7 Å². The predicted molar refractivity (Wildman–Crippen MR) is 123 cm³/mol. The van der Waals surface area contributed by atoms with Crippen molar-refractivity contribution in [1.82, 2.24) is 20.2 Å². The summed E-state index contributed by atoms with van der Waals surface area (Å²) in [6, 6.07) is 15.0. The summed E-state index contributed by atoms with van der Waals surface area (Å²) in [5.74, 6) is -0.402. The second-order valence-electron chi connectivity index (χ2n) is 6.74. The maximum absolute atomic E-state index is 12.3. The lowest BCUT2D eigenvalue weighted by Crippen LogP contribution is -2.15. The zero-order chi connectivity index (χ0) is 23.4. The van der Waals surface area contributed by atoms with Gasteiger partial charge in [0.15, 0.2) is 12.6 Å². The van der Waals surface area contributed by atoms with Crippen LogP contribution in [0.2, 0.25) is 5.02 Å². The number of rotatable bonds is 8. The van der Waals surface area contributed by atoms with Gasteiger partial charge in [0.1, 0.15) is 4.90 Å². The van der Waals surface area contributed by atoms with Crippen LogP contribution in [-0.4, -0.2) is 34.6 Å². The molecule has 3 N–H and O–H groups in total. The number of thiophene rings is 1. The number of nitrogens with one attached hydrogen (secondary N) is 1. The van der Waals surface area contributed by atoms with Crippen LogP contribution in [0.4, 0.5) is 5.69 Å². The lowest BCUT2D eigenvalue weighted by atomic mass is 10.1. The molecule has 4 aromatic rings. The van der Waals surface area contributed by atoms with Crippen molar-refractivity contribution in [2.45, 2.75) is 18.2 Å². The van der Waals surface area contributed by atoms with Gasteiger partial charge in [0.2, 0.25) is 10.0 Å². The standard InChI is InChI=1S/C20H17ClN6O4S2/c21-16-10-17(23-11-14-7-4-8-32-14)15(9-18(16)33(22,29)30)19-24-25-26-27(19)12-31-20(28)13-5-2-1-3-6-13/h1-10,23H,11-12H2,(H2,22,29,30). The first-order valence-corrected chi connectivity index (χ1v) is 12.2. The van der Waals surface area contributed by atoms with Crippen molar-refractivity contribution in [1.29, 1.82) is 0 Å². The van der Waals surface area contributed by atoms with E-state index in [1.165, 1.54) is 16.8 Å². The number of nitrogens with two attached hydrogens (primary N) is 1. The van der Waals surface area contributed by atoms with Gasteiger partial charge in [0.05, 0.1) is 10.6 Å². The van der Waals surface area contributed by atoms with Gasteiger partial charge in [-0.1, -0.05) is 35.9 Å². The highest BCUT2D eigenvalue weighted by Crippen LogP contribution is 2.34. The van der Waals surface area contributed by atoms with Crippen LogP contribution in [0.1, 0.15) is 15.2 Å². The van der Waals surface area contributed by atoms with Crippen LogP contribution in [0.3, 0.4) is 0 Å². The fraction of sp³-hybridized carbons (Fsp3) is 0.100. The Balaban J connectivity index is 1.67. The Labute approximate surface area is 198 Å². The molecule has 0 radical (unpaired) electrons. The van der Waals surface area contributed by atoms with E-state index in [4.69, 9.17) is 21.5 Å². The van der Waals surface area contributed by atoms with Gasteiger partial charge in [-0.2, -0.15) is 4.68 Å². The van der Waals surface area contributed by atoms with E-state index < -0.39 is 16.0 Å². The van der Waals surface area contributed by atoms with E-state index in [-0.39, 0.29) is 22.5 Å². The van der Waals surface area contributed by atoms with Crippen LogP contribution in [0, 0.1) is 0 Å². The third kappa shape index (κ3) is 5.37. The number of sulfonamides is 1. The highest BCUT2D eigenvalue weighted by Gasteiger charge is 2.22. The van der Waals surface area contributed by atoms with Gasteiger partial charge in [-0.15, -0.1) is 16.4 Å². The number of ether oxygens (including phenoxy) is 1. The Morgan fingerprint density at radius 1 is 1.18 bits per heavy atom. The average molecular weight is 505 g/mol. The molecule has 0 aliphatic carbocycles. The number of nitrogens with zero attached hydrogens (tertiary/aromatic N) is 4. The SMILES string of the molecule is NS(=O)(=O)c1cc(-c2nnnn2COC(=O)c2ccccc2)c(NCc2cccs2)cc1Cl. The molecule has 0 aliphatic rings. The minimum absolute atomic E-state index is 0.0514. The first-order chi connectivity index (χ1) is 15.8. The third-order valence-electron chi connectivity index (χ3n) is 4.51. The van der Waals surface area contributed by atoms with Crippen molar-refractivity contribution in [2.75, 3.05) is 5.32 Å². The molecule has 0 bridgehead atoms. The van der Waals surface area contributed by atoms with Crippen LogP contribution in [0.25, 0.3) is 11.4 Å². The van der Waals surface area contributed by atoms with Crippen LogP contribution in [-0.2, 0) is 28.0 Å². The zero-order valence-corrected chi connectivity index (χ0v) is 19.3. The molecule has 0 saturated carbocycles. The van der Waals surface area contributed by atoms with Gasteiger partial charge in [-0.25, -0.2) is 18.4 Å². The normalized spacial score (nSPS) is 11.3. The molecule has 2 heterocycles. The summed E-state index contributed by atoms with van der Waals surface area (Å²) in [5.41, 5.74) is 1.17. The van der Waals surface area contributed by atoms with E-state index in [0.29, 0.717) is 23.4 Å². The van der Waals surface area contributed by atoms with Crippen molar-refractivity contribution in [3.8, 4) is 11.4 Å². The second kappa shape index (κ2) is 9.67. The Morgan fingerprint density at radius 2 is 1.97 bits per heavy atom. The van der Waals surface area contributed by atoms with E-state index in [9.17, 15) is 13.2 Å². The van der Waals surface area contributed by atoms with Crippen molar-refractivity contribution in [3.05, 3.63) is 75.4 Å². The summed E-state index contributed by atoms with van der Waals surface area (Å²) in [5, 5.41) is 21.9. The van der Waals surface area contributed by atoms with Crippen molar-refractivity contribution < 1.29 is 17.9 Å². The molecule has 0 unspecified atom stereocenters. The Morgan fingerprint density at radius 3 is 2.67 bits per heavy atom. The van der Waals surface area contributed by atoms with Gasteiger partial charge < -0.3 is 10.1 Å². The number of carbonyl (C=O) groups is 1. The minimum Gasteiger partial charge on any atom is -0.439 e. The summed E-state index contributed by atoms with van der Waals surface area (Å²) >= 11 is 7.75. The smallest absolute Gasteiger partial charge is 0.339 e. The molecule has 13 heteroatoms. The minimum atomic E-state index is -4.12. The summed E-state index contributed by atoms with van der Waals surface area (Å²) in [7, 11) is -4.12. The van der Waals surface area contributed by atoms with Gasteiger partial charge in [-0.05, 0) is 46.1 Å². The molecule has 10 nitrogen and oxygen atoms in total. The Bertz CT molecular complexity index is 1380. The molecule has 0 amide bonds. The van der Waals surface area contributed by atoms with Crippen molar-refractivity contribution in [2.24, 2.45) is 5.14 Å². The molecular formula is C20H17ClN6O4S2. The number of hydrogen-bond acceptors (Lipinski definition) is 9. The van der Waals surface area contributed by atoms with Gasteiger partial charge in [0.25, 0.3) is 0 Å². The number of esters is 1. The fourth-order valence-corrected chi connectivity index (χ4v) is 4.70. The topological polar surface area (TPSA) is 142 Å². The number of hydrogen-bond donors (Lipinski definition) is 2. The first-order valence-electron chi connectivity index (χ1n) is 9.44. The average Bonchev–Trinajstić information content (AvgIpc) is 3.48. The molecule has 2 aromatic carbocycles. The van der Waals surface area contributed by atoms with Crippen LogP contribution < -0.4 is 10.5 Å². The van der Waals surface area contributed by atoms with Crippen molar-refractivity contribution in [3.63, 3.8) is 0 Å². The van der Waals surface area contributed by atoms with Crippen LogP contribution in [0.5, 0.6) is 0 Å². The van der Waals surface area contributed by atoms with Crippen LogP contribution >= 0.6 is 22.9 Å². The van der Waals surface area contributed by atoms with E-state index in [1.807, 2.05) is 17.5 Å². The van der Waals surface area contributed by atoms with Crippen LogP contribution in [0.15, 0.2) is 64.9 Å². The number of carbonyl (C=O) groups excluding carboxylic acids is 1. The zero-order valence-electron chi connectivity index (χ0n) is 16.9. The largest absolute Gasteiger partial charge is 0.439 e. The van der Waals surface area contributed by atoms with Gasteiger partial charge >= 0.3 is 5.97 Å². The highest BCUT2D eigenvalue weighted by molar-refractivity contribution is 7.89. The first kappa shape index (κ1) is 22.9. The predicted octanol–water partition coefficient (Wildman–Crippen LogP) is 3.13. The van der Waals surface area contributed by atoms with Gasteiger partial charge in [-0.3, -0.25) is 0 Å². The number of halogens is 1. The quantitative estimate of drug-likeness (QED) is 0.348. The Kier molecular flexibility index (Phi) is 6.70. The van der Waals surface area contributed by atoms with E-state index in [2.05, 4.69) is 20.8 Å². The molecule has 0 aliphatic heterocycles. The monoisotopic (exact) mass is 504 g/mol. The molecule has 33 heavy (non-hydrogen) atoms. The summed E-state index contributed by atoms with van der Waals surface area (Å²) in [6.07, 6.45) is 0. The maximum atomic E-state index is 12.3. The summed E-state index contributed by atoms with van der Waals surface area (Å²) in [4.78, 5) is 13.1. The van der Waals surface area contributed by atoms with E-state index in [0.717, 1.165) is 4.88 Å². The highest BCUT2D eigenvalue weighted by atomic mass is 35.5. The molecule has 0 saturated heterocycles. The molecule has 0 spiro atoms. The molecule has 170 valence electrons. The number of aromatic nitrogens is 4. The maximum Gasteiger partial charge on any atom is 0.339 e. The number of primary sulfonamides is 1.